The molecule has 1 amide bonds. The van der Waals surface area contributed by atoms with Crippen molar-refractivity contribution >= 4 is 5.91 Å². The highest BCUT2D eigenvalue weighted by Gasteiger charge is 2.49. The highest BCUT2D eigenvalue weighted by Crippen LogP contribution is 2.42. The van der Waals surface area contributed by atoms with E-state index in [1.165, 1.54) is 0 Å². The van der Waals surface area contributed by atoms with Gasteiger partial charge >= 0.3 is 6.18 Å². The van der Waals surface area contributed by atoms with Crippen molar-refractivity contribution in [1.29, 1.82) is 0 Å². The van der Waals surface area contributed by atoms with Crippen LogP contribution < -0.4 is 5.32 Å². The molecule has 2 aliphatic heterocycles. The van der Waals surface area contributed by atoms with Gasteiger partial charge in [0.2, 0.25) is 5.91 Å². The number of nitrogens with one attached hydrogen (secondary N) is 1. The highest BCUT2D eigenvalue weighted by molar-refractivity contribution is 5.84. The van der Waals surface area contributed by atoms with Gasteiger partial charge in [0.15, 0.2) is 0 Å². The number of ether oxygens (including phenoxy) is 2. The number of pyridine rings is 1. The molecule has 1 saturated heterocycles. The van der Waals surface area contributed by atoms with Gasteiger partial charge in [0.25, 0.3) is 0 Å². The minimum absolute atomic E-state index is 0.0123. The van der Waals surface area contributed by atoms with Gasteiger partial charge in [-0.15, -0.1) is 0 Å². The van der Waals surface area contributed by atoms with E-state index < -0.39 is 17.2 Å². The zero-order chi connectivity index (χ0) is 31.2. The Morgan fingerprint density at radius 1 is 1.22 bits per heavy atom. The Balaban J connectivity index is 0.00000131. The number of carbonyl (C=O) groups is 1. The van der Waals surface area contributed by atoms with E-state index in [2.05, 4.69) is 22.1 Å². The monoisotopic (exact) mass is 588 g/mol. The molecule has 3 unspecified atom stereocenters. The van der Waals surface area contributed by atoms with Gasteiger partial charge in [0.1, 0.15) is 0 Å². The first kappa shape index (κ1) is 37.3. The third-order valence-corrected chi connectivity index (χ3v) is 7.89. The molecule has 4 rings (SSSR count). The number of hydrogen-bond donors (Lipinski definition) is 1. The number of halogens is 3. The molecule has 0 bridgehead atoms. The summed E-state index contributed by atoms with van der Waals surface area (Å²) in [6.07, 6.45) is 0.0924. The number of methoxy groups -OCH3 is 1. The van der Waals surface area contributed by atoms with E-state index >= 15 is 0 Å². The number of amides is 1. The van der Waals surface area contributed by atoms with Crippen LogP contribution in [0.15, 0.2) is 12.3 Å². The number of alkyl halides is 3. The third kappa shape index (κ3) is 9.90. The van der Waals surface area contributed by atoms with E-state index in [1.807, 2.05) is 48.6 Å². The molecule has 3 heterocycles. The molecule has 4 atom stereocenters. The van der Waals surface area contributed by atoms with Crippen molar-refractivity contribution in [2.45, 2.75) is 111 Å². The largest absolute Gasteiger partial charge is 0.417 e. The number of carbonyl (C=O) groups excluding carboxylic acids is 1. The Kier molecular flexibility index (Phi) is 16.4. The first-order valence-electron chi connectivity index (χ1n) is 15.5. The Bertz CT molecular complexity index is 902. The summed E-state index contributed by atoms with van der Waals surface area (Å²) in [7, 11) is 3.71. The van der Waals surface area contributed by atoms with Crippen molar-refractivity contribution in [2.75, 3.05) is 47.0 Å². The highest BCUT2D eigenvalue weighted by atomic mass is 19.4. The average Bonchev–Trinajstić information content (AvgIpc) is 3.42. The van der Waals surface area contributed by atoms with Gasteiger partial charge < -0.3 is 24.6 Å². The molecule has 1 aliphatic carbocycles. The lowest BCUT2D eigenvalue weighted by Crippen LogP contribution is -2.52. The van der Waals surface area contributed by atoms with Crippen molar-refractivity contribution in [3.8, 4) is 0 Å². The maximum atomic E-state index is 14.0. The molecule has 1 N–H and O–H groups in total. The van der Waals surface area contributed by atoms with Crippen LogP contribution in [0, 0.1) is 5.41 Å². The summed E-state index contributed by atoms with van der Waals surface area (Å²) in [5, 5.41) is 3.73. The van der Waals surface area contributed by atoms with Gasteiger partial charge in [0.05, 0.1) is 23.7 Å². The molecule has 1 aromatic rings. The molecule has 3 aliphatic rings. The zero-order valence-corrected chi connectivity index (χ0v) is 26.9. The molecule has 7 nitrogen and oxygen atoms in total. The van der Waals surface area contributed by atoms with Crippen LogP contribution in [-0.4, -0.2) is 85.9 Å². The maximum absolute atomic E-state index is 14.0. The van der Waals surface area contributed by atoms with E-state index in [0.29, 0.717) is 50.4 Å². The summed E-state index contributed by atoms with van der Waals surface area (Å²) < 4.78 is 50.9. The lowest BCUT2D eigenvalue weighted by molar-refractivity contribution is -0.144. The van der Waals surface area contributed by atoms with Crippen LogP contribution in [0.1, 0.15) is 91.0 Å². The molecule has 41 heavy (non-hydrogen) atoms. The van der Waals surface area contributed by atoms with E-state index in [-0.39, 0.29) is 30.6 Å². The SMILES string of the molecule is CC.CC.CC.CCN(C)C[C@]1(C(=O)N2CCc3ncc(C(F)(F)F)cc3C2)CCC(NC2CCOCC2OC)C1. The molecule has 2 fully saturated rings. The van der Waals surface area contributed by atoms with Crippen molar-refractivity contribution in [2.24, 2.45) is 5.41 Å². The maximum Gasteiger partial charge on any atom is 0.417 e. The normalized spacial score (nSPS) is 25.6. The number of fused-ring (bicyclic) bond motifs is 1. The zero-order valence-electron chi connectivity index (χ0n) is 26.9. The first-order valence-corrected chi connectivity index (χ1v) is 15.5. The van der Waals surface area contributed by atoms with Crippen LogP contribution in [0.5, 0.6) is 0 Å². The average molecular weight is 589 g/mol. The molecular formula is C31H55F3N4O3. The van der Waals surface area contributed by atoms with E-state index in [4.69, 9.17) is 9.47 Å². The van der Waals surface area contributed by atoms with E-state index in [1.54, 1.807) is 12.0 Å². The predicted octanol–water partition coefficient (Wildman–Crippen LogP) is 5.95. The van der Waals surface area contributed by atoms with Crippen LogP contribution >= 0.6 is 0 Å². The Labute approximate surface area is 246 Å². The van der Waals surface area contributed by atoms with E-state index in [9.17, 15) is 18.0 Å². The minimum Gasteiger partial charge on any atom is -0.379 e. The molecule has 238 valence electrons. The third-order valence-electron chi connectivity index (χ3n) is 7.89. The van der Waals surface area contributed by atoms with Gasteiger partial charge in [-0.05, 0) is 50.9 Å². The van der Waals surface area contributed by atoms with Crippen molar-refractivity contribution in [3.63, 3.8) is 0 Å². The number of aromatic nitrogens is 1. The minimum atomic E-state index is -4.45. The van der Waals surface area contributed by atoms with Gasteiger partial charge in [-0.3, -0.25) is 9.78 Å². The number of hydrogen-bond acceptors (Lipinski definition) is 6. The summed E-state index contributed by atoms with van der Waals surface area (Å²) in [5.41, 5.74) is -0.183. The Morgan fingerprint density at radius 2 is 1.90 bits per heavy atom. The Morgan fingerprint density at radius 3 is 2.51 bits per heavy atom. The van der Waals surface area contributed by atoms with Crippen LogP contribution in [0.25, 0.3) is 0 Å². The van der Waals surface area contributed by atoms with Crippen LogP contribution in [0.4, 0.5) is 13.2 Å². The smallest absolute Gasteiger partial charge is 0.379 e. The second-order valence-corrected chi connectivity index (χ2v) is 10.3. The summed E-state index contributed by atoms with van der Waals surface area (Å²) in [4.78, 5) is 22.0. The molecule has 10 heteroatoms. The van der Waals surface area contributed by atoms with Gasteiger partial charge in [-0.1, -0.05) is 48.5 Å². The van der Waals surface area contributed by atoms with Gasteiger partial charge in [0, 0.05) is 63.7 Å². The lowest BCUT2D eigenvalue weighted by Gasteiger charge is -2.39. The fraction of sp³-hybridized carbons (Fsp3) is 0.806. The van der Waals surface area contributed by atoms with Gasteiger partial charge in [-0.2, -0.15) is 13.2 Å². The summed E-state index contributed by atoms with van der Waals surface area (Å²) in [6.45, 7) is 17.4. The van der Waals surface area contributed by atoms with Crippen molar-refractivity contribution in [1.82, 2.24) is 20.1 Å². The summed E-state index contributed by atoms with van der Waals surface area (Å²) >= 11 is 0. The second-order valence-electron chi connectivity index (χ2n) is 10.3. The van der Waals surface area contributed by atoms with Crippen LogP contribution in [0.2, 0.25) is 0 Å². The fourth-order valence-electron chi connectivity index (χ4n) is 5.83. The predicted molar refractivity (Wildman–Crippen MR) is 159 cm³/mol. The Hall–Kier alpha value is -1.75. The molecule has 0 radical (unpaired) electrons. The summed E-state index contributed by atoms with van der Waals surface area (Å²) in [6, 6.07) is 1.52. The van der Waals surface area contributed by atoms with Gasteiger partial charge in [-0.25, -0.2) is 0 Å². The van der Waals surface area contributed by atoms with Crippen LogP contribution in [0.3, 0.4) is 0 Å². The topological polar surface area (TPSA) is 66.9 Å². The van der Waals surface area contributed by atoms with Crippen LogP contribution in [-0.2, 0) is 33.4 Å². The molecule has 1 aromatic heterocycles. The number of rotatable bonds is 7. The number of nitrogens with zero attached hydrogens (tertiary/aromatic N) is 3. The first-order chi connectivity index (χ1) is 19.6. The molecular weight excluding hydrogens is 533 g/mol. The lowest BCUT2D eigenvalue weighted by atomic mass is 9.82. The quantitative estimate of drug-likeness (QED) is 0.425. The van der Waals surface area contributed by atoms with Crippen molar-refractivity contribution < 1.29 is 27.4 Å². The summed E-state index contributed by atoms with van der Waals surface area (Å²) in [5.74, 6) is 0.0421. The van der Waals surface area contributed by atoms with Crippen molar-refractivity contribution in [3.05, 3.63) is 29.1 Å². The molecule has 1 saturated carbocycles. The standard InChI is InChI=1S/C25H37F3N4O3.3C2H6/c1-4-31(2)16-24(8-5-19(12-24)30-21-7-10-35-15-22(21)34-3)23(33)32-9-6-20-17(14-32)11-18(13-29-20)25(26,27)28;3*1-2/h11,13,19,21-22,30H,4-10,12,14-16H2,1-3H3;3*1-2H3/t19?,21?,22?,24-;;;/m0.../s1. The molecule has 0 aromatic carbocycles. The van der Waals surface area contributed by atoms with E-state index in [0.717, 1.165) is 38.1 Å². The second kappa shape index (κ2) is 18.0. The fourth-order valence-corrected chi connectivity index (χ4v) is 5.83. The molecule has 0 spiro atoms.